The molecule has 108 valence electrons. The quantitative estimate of drug-likeness (QED) is 0.578. The normalized spacial score (nSPS) is 31.1. The molecule has 0 bridgehead atoms. The summed E-state index contributed by atoms with van der Waals surface area (Å²) in [6, 6.07) is 9.06. The molecule has 7 nitrogen and oxygen atoms in total. The second-order valence-electron chi connectivity index (χ2n) is 5.63. The second kappa shape index (κ2) is 3.90. The van der Waals surface area contributed by atoms with Crippen LogP contribution in [0.25, 0.3) is 0 Å². The van der Waals surface area contributed by atoms with Crippen LogP contribution in [0, 0.1) is 5.21 Å². The summed E-state index contributed by atoms with van der Waals surface area (Å²) in [7, 11) is 0. The summed E-state index contributed by atoms with van der Waals surface area (Å²) >= 11 is 0. The molecular formula is C14H14N4O3. The molecule has 2 aromatic rings. The zero-order valence-electron chi connectivity index (χ0n) is 11.2. The highest BCUT2D eigenvalue weighted by atomic mass is 16.6. The Kier molecular flexibility index (Phi) is 2.32. The molecule has 3 N–H and O–H groups in total. The van der Waals surface area contributed by atoms with E-state index in [1.54, 1.807) is 12.1 Å². The van der Waals surface area contributed by atoms with Gasteiger partial charge in [0, 0.05) is 18.4 Å². The predicted octanol–water partition coefficient (Wildman–Crippen LogP) is 0.370. The molecule has 0 saturated carbocycles. The highest BCUT2D eigenvalue weighted by Gasteiger charge is 2.62. The third-order valence-corrected chi connectivity index (χ3v) is 4.43. The summed E-state index contributed by atoms with van der Waals surface area (Å²) in [6.07, 6.45) is 0.942. The van der Waals surface area contributed by atoms with Crippen LogP contribution in [0.2, 0.25) is 0 Å². The van der Waals surface area contributed by atoms with Crippen LogP contribution in [-0.2, 0) is 17.7 Å². The first-order valence-electron chi connectivity index (χ1n) is 6.78. The van der Waals surface area contributed by atoms with Crippen molar-refractivity contribution in [1.82, 2.24) is 10.3 Å². The van der Waals surface area contributed by atoms with Gasteiger partial charge in [-0.25, -0.2) is 4.63 Å². The van der Waals surface area contributed by atoms with E-state index in [0.29, 0.717) is 35.5 Å². The SMILES string of the molecule is NC1(c2ccccc2)CC2(O)C(=[N+]1[O-])CCc1nonc12. The van der Waals surface area contributed by atoms with Crippen molar-refractivity contribution in [1.29, 1.82) is 0 Å². The number of nitrogens with two attached hydrogens (primary N) is 1. The van der Waals surface area contributed by atoms with E-state index in [1.807, 2.05) is 18.2 Å². The lowest BCUT2D eigenvalue weighted by Crippen LogP contribution is -2.44. The molecule has 2 heterocycles. The second-order valence-corrected chi connectivity index (χ2v) is 5.63. The molecule has 7 heteroatoms. The fourth-order valence-corrected chi connectivity index (χ4v) is 3.37. The zero-order valence-corrected chi connectivity index (χ0v) is 11.2. The van der Waals surface area contributed by atoms with Gasteiger partial charge in [-0.15, -0.1) is 0 Å². The van der Waals surface area contributed by atoms with E-state index in [4.69, 9.17) is 10.4 Å². The molecule has 0 amide bonds. The standard InChI is InChI=1S/C14H14N4O3/c15-14(9-4-2-1-3-5-9)8-13(19)11(18(14)20)7-6-10-12(13)17-21-16-10/h1-5,19H,6-8,15H2. The first-order chi connectivity index (χ1) is 10.1. The first-order valence-corrected chi connectivity index (χ1v) is 6.78. The molecule has 0 radical (unpaired) electrons. The maximum Gasteiger partial charge on any atom is 0.254 e. The number of hydrogen-bond donors (Lipinski definition) is 2. The van der Waals surface area contributed by atoms with Crippen LogP contribution < -0.4 is 5.73 Å². The predicted molar refractivity (Wildman–Crippen MR) is 72.1 cm³/mol. The molecule has 1 aromatic heterocycles. The van der Waals surface area contributed by atoms with E-state index < -0.39 is 11.3 Å². The van der Waals surface area contributed by atoms with Gasteiger partial charge >= 0.3 is 0 Å². The minimum absolute atomic E-state index is 0.0318. The monoisotopic (exact) mass is 286 g/mol. The Hall–Kier alpha value is -2.25. The van der Waals surface area contributed by atoms with Crippen molar-refractivity contribution in [3.05, 3.63) is 52.5 Å². The van der Waals surface area contributed by atoms with Gasteiger partial charge in [0.2, 0.25) is 11.3 Å². The average molecular weight is 286 g/mol. The number of fused-ring (bicyclic) bond motifs is 3. The van der Waals surface area contributed by atoms with E-state index in [-0.39, 0.29) is 6.42 Å². The van der Waals surface area contributed by atoms with Crippen molar-refractivity contribution < 1.29 is 14.5 Å². The van der Waals surface area contributed by atoms with Crippen molar-refractivity contribution in [2.45, 2.75) is 30.5 Å². The van der Waals surface area contributed by atoms with E-state index in [2.05, 4.69) is 10.3 Å². The smallest absolute Gasteiger partial charge is 0.254 e. The summed E-state index contributed by atoms with van der Waals surface area (Å²) in [5, 5.41) is 31.3. The Labute approximate surface area is 120 Å². The number of aliphatic hydroxyl groups is 1. The Morgan fingerprint density at radius 1 is 1.24 bits per heavy atom. The zero-order chi connectivity index (χ0) is 14.7. The molecule has 0 saturated heterocycles. The van der Waals surface area contributed by atoms with Gasteiger partial charge in [-0.1, -0.05) is 40.6 Å². The molecular weight excluding hydrogens is 272 g/mol. The van der Waals surface area contributed by atoms with Crippen molar-refractivity contribution in [2.24, 2.45) is 5.73 Å². The summed E-state index contributed by atoms with van der Waals surface area (Å²) in [6.45, 7) is 0. The Bertz CT molecular complexity index is 742. The van der Waals surface area contributed by atoms with Gasteiger partial charge in [-0.2, -0.15) is 4.74 Å². The number of benzene rings is 1. The van der Waals surface area contributed by atoms with Crippen molar-refractivity contribution in [3.8, 4) is 0 Å². The highest BCUT2D eigenvalue weighted by Crippen LogP contribution is 2.45. The molecule has 2 unspecified atom stereocenters. The van der Waals surface area contributed by atoms with Gasteiger partial charge in [0.1, 0.15) is 5.69 Å². The lowest BCUT2D eigenvalue weighted by molar-refractivity contribution is -0.550. The molecule has 1 aromatic carbocycles. The van der Waals surface area contributed by atoms with E-state index in [1.165, 1.54) is 0 Å². The van der Waals surface area contributed by atoms with Crippen LogP contribution in [0.4, 0.5) is 0 Å². The fraction of sp³-hybridized carbons (Fsp3) is 0.357. The highest BCUT2D eigenvalue weighted by molar-refractivity contribution is 5.92. The van der Waals surface area contributed by atoms with Crippen molar-refractivity contribution in [3.63, 3.8) is 0 Å². The minimum Gasteiger partial charge on any atom is -0.622 e. The Morgan fingerprint density at radius 2 is 2.00 bits per heavy atom. The van der Waals surface area contributed by atoms with Crippen LogP contribution in [-0.4, -0.2) is 25.9 Å². The van der Waals surface area contributed by atoms with Gasteiger partial charge in [0.15, 0.2) is 5.69 Å². The van der Waals surface area contributed by atoms with E-state index in [9.17, 15) is 10.3 Å². The third kappa shape index (κ3) is 1.47. The van der Waals surface area contributed by atoms with Crippen LogP contribution in [0.3, 0.4) is 0 Å². The Balaban J connectivity index is 1.90. The maximum atomic E-state index is 12.7. The summed E-state index contributed by atoms with van der Waals surface area (Å²) in [5.74, 6) is 0. The number of hydrogen-bond acceptors (Lipinski definition) is 6. The summed E-state index contributed by atoms with van der Waals surface area (Å²) in [4.78, 5) is 0. The lowest BCUT2D eigenvalue weighted by Gasteiger charge is -2.25. The van der Waals surface area contributed by atoms with Crippen LogP contribution in [0.15, 0.2) is 35.0 Å². The fourth-order valence-electron chi connectivity index (χ4n) is 3.37. The number of hydroxylamine groups is 1. The molecule has 4 rings (SSSR count). The van der Waals surface area contributed by atoms with Gasteiger partial charge in [0.05, 0.1) is 6.42 Å². The Morgan fingerprint density at radius 3 is 2.76 bits per heavy atom. The largest absolute Gasteiger partial charge is 0.622 e. The van der Waals surface area contributed by atoms with Crippen molar-refractivity contribution in [2.75, 3.05) is 0 Å². The maximum absolute atomic E-state index is 12.7. The molecule has 0 spiro atoms. The van der Waals surface area contributed by atoms with Crippen LogP contribution in [0.1, 0.15) is 29.8 Å². The van der Waals surface area contributed by atoms with E-state index in [0.717, 1.165) is 4.74 Å². The summed E-state index contributed by atoms with van der Waals surface area (Å²) < 4.78 is 5.45. The molecule has 21 heavy (non-hydrogen) atoms. The minimum atomic E-state index is -1.50. The van der Waals surface area contributed by atoms with Gasteiger partial charge in [-0.05, 0) is 0 Å². The van der Waals surface area contributed by atoms with Crippen molar-refractivity contribution >= 4 is 5.71 Å². The van der Waals surface area contributed by atoms with Gasteiger partial charge in [-0.3, -0.25) is 5.73 Å². The van der Waals surface area contributed by atoms with Crippen LogP contribution >= 0.6 is 0 Å². The van der Waals surface area contributed by atoms with Gasteiger partial charge in [0.25, 0.3) is 5.66 Å². The molecule has 2 atom stereocenters. The van der Waals surface area contributed by atoms with E-state index >= 15 is 0 Å². The number of nitrogens with zero attached hydrogens (tertiary/aromatic N) is 3. The average Bonchev–Trinajstić information content (AvgIpc) is 3.04. The molecule has 2 aliphatic rings. The molecule has 0 fully saturated rings. The first kappa shape index (κ1) is 12.5. The number of aryl methyl sites for hydroxylation is 1. The van der Waals surface area contributed by atoms with Gasteiger partial charge < -0.3 is 10.3 Å². The third-order valence-electron chi connectivity index (χ3n) is 4.43. The molecule has 1 aliphatic carbocycles. The number of rotatable bonds is 1. The summed E-state index contributed by atoms with van der Waals surface area (Å²) in [5.41, 5.74) is 5.43. The lowest BCUT2D eigenvalue weighted by atomic mass is 9.80. The van der Waals surface area contributed by atoms with Crippen LogP contribution in [0.5, 0.6) is 0 Å². The topological polar surface area (TPSA) is 111 Å². The molecule has 1 aliphatic heterocycles. The number of aromatic nitrogens is 2.